The van der Waals surface area contributed by atoms with Crippen molar-refractivity contribution in [3.05, 3.63) is 24.3 Å². The number of aliphatic imine (C=N–C) groups is 1. The molecule has 1 aliphatic rings. The van der Waals surface area contributed by atoms with Gasteiger partial charge in [-0.25, -0.2) is 0 Å². The second-order valence-electron chi connectivity index (χ2n) is 4.91. The maximum absolute atomic E-state index is 5.42. The average Bonchev–Trinajstić information content (AvgIpc) is 2.31. The summed E-state index contributed by atoms with van der Waals surface area (Å²) in [4.78, 5) is 4.71. The topological polar surface area (TPSA) is 33.6 Å². The van der Waals surface area contributed by atoms with Crippen molar-refractivity contribution in [1.29, 1.82) is 0 Å². The molecule has 0 saturated carbocycles. The van der Waals surface area contributed by atoms with Gasteiger partial charge < -0.3 is 10.1 Å². The van der Waals surface area contributed by atoms with E-state index in [1.807, 2.05) is 31.2 Å². The van der Waals surface area contributed by atoms with Gasteiger partial charge in [0.1, 0.15) is 5.75 Å². The van der Waals surface area contributed by atoms with Crippen LogP contribution in [0.1, 0.15) is 27.2 Å². The fraction of sp³-hybridized carbons (Fsp3) is 0.500. The second kappa shape index (κ2) is 5.65. The number of hydrogen-bond acceptors (Lipinski definition) is 4. The maximum Gasteiger partial charge on any atom is 0.161 e. The maximum atomic E-state index is 5.42. The molecule has 2 rings (SSSR count). The van der Waals surface area contributed by atoms with E-state index >= 15 is 0 Å². The highest BCUT2D eigenvalue weighted by atomic mass is 32.2. The summed E-state index contributed by atoms with van der Waals surface area (Å²) >= 11 is 1.78. The molecule has 0 unspecified atom stereocenters. The molecule has 0 radical (unpaired) electrons. The number of anilines is 1. The molecule has 0 fully saturated rings. The number of ether oxygens (including phenoxy) is 1. The molecule has 1 heterocycles. The van der Waals surface area contributed by atoms with Gasteiger partial charge in [-0.15, -0.1) is 0 Å². The third-order valence-electron chi connectivity index (χ3n) is 2.77. The predicted octanol–water partition coefficient (Wildman–Crippen LogP) is 3.77. The standard InChI is InChI=1S/C14H20N2OS/c1-4-17-12-7-5-11(6-8-12)15-13-16-14(2,3)9-10-18-13/h5-8H,4,9-10H2,1-3H3,(H,15,16). The lowest BCUT2D eigenvalue weighted by Gasteiger charge is -2.26. The summed E-state index contributed by atoms with van der Waals surface area (Å²) in [6.45, 7) is 7.03. The fourth-order valence-corrected chi connectivity index (χ4v) is 3.05. The lowest BCUT2D eigenvalue weighted by atomic mass is 10.0. The Morgan fingerprint density at radius 2 is 2.06 bits per heavy atom. The van der Waals surface area contributed by atoms with Gasteiger partial charge >= 0.3 is 0 Å². The first-order valence-electron chi connectivity index (χ1n) is 6.31. The van der Waals surface area contributed by atoms with Crippen molar-refractivity contribution in [3.8, 4) is 5.75 Å². The molecular weight excluding hydrogens is 244 g/mol. The summed E-state index contributed by atoms with van der Waals surface area (Å²) < 4.78 is 5.42. The lowest BCUT2D eigenvalue weighted by molar-refractivity contribution is 0.340. The Hall–Kier alpha value is -1.16. The predicted molar refractivity (Wildman–Crippen MR) is 79.8 cm³/mol. The Bertz CT molecular complexity index is 426. The molecule has 1 aromatic rings. The number of benzene rings is 1. The van der Waals surface area contributed by atoms with E-state index in [2.05, 4.69) is 19.2 Å². The largest absolute Gasteiger partial charge is 0.494 e. The summed E-state index contributed by atoms with van der Waals surface area (Å²) in [6, 6.07) is 8.00. The van der Waals surface area contributed by atoms with Crippen LogP contribution in [0.5, 0.6) is 5.75 Å². The van der Waals surface area contributed by atoms with Crippen LogP contribution in [0.4, 0.5) is 5.69 Å². The Morgan fingerprint density at radius 1 is 1.33 bits per heavy atom. The van der Waals surface area contributed by atoms with E-state index in [-0.39, 0.29) is 5.54 Å². The van der Waals surface area contributed by atoms with Crippen molar-refractivity contribution < 1.29 is 4.74 Å². The van der Waals surface area contributed by atoms with E-state index in [0.29, 0.717) is 6.61 Å². The van der Waals surface area contributed by atoms with E-state index in [1.165, 1.54) is 0 Å². The smallest absolute Gasteiger partial charge is 0.161 e. The minimum atomic E-state index is 0.0544. The first-order valence-corrected chi connectivity index (χ1v) is 7.30. The van der Waals surface area contributed by atoms with Gasteiger partial charge in [-0.05, 0) is 51.5 Å². The number of rotatable bonds is 3. The molecule has 0 atom stereocenters. The summed E-state index contributed by atoms with van der Waals surface area (Å²) in [5, 5.41) is 4.37. The normalized spacial score (nSPS) is 18.1. The molecule has 0 amide bonds. The molecule has 4 heteroatoms. The van der Waals surface area contributed by atoms with Gasteiger partial charge in [-0.2, -0.15) is 0 Å². The summed E-state index contributed by atoms with van der Waals surface area (Å²) in [7, 11) is 0. The van der Waals surface area contributed by atoms with Crippen LogP contribution in [0.25, 0.3) is 0 Å². The lowest BCUT2D eigenvalue weighted by Crippen LogP contribution is -2.27. The first kappa shape index (κ1) is 13.3. The highest BCUT2D eigenvalue weighted by Gasteiger charge is 2.22. The van der Waals surface area contributed by atoms with Crippen LogP contribution in [0.15, 0.2) is 29.3 Å². The first-order chi connectivity index (χ1) is 8.59. The van der Waals surface area contributed by atoms with Crippen molar-refractivity contribution in [3.63, 3.8) is 0 Å². The average molecular weight is 264 g/mol. The molecular formula is C14H20N2OS. The summed E-state index contributed by atoms with van der Waals surface area (Å²) in [5.41, 5.74) is 1.11. The molecule has 18 heavy (non-hydrogen) atoms. The monoisotopic (exact) mass is 264 g/mol. The number of nitrogens with zero attached hydrogens (tertiary/aromatic N) is 1. The van der Waals surface area contributed by atoms with Crippen molar-refractivity contribution in [1.82, 2.24) is 0 Å². The van der Waals surface area contributed by atoms with Crippen molar-refractivity contribution in [2.24, 2.45) is 4.99 Å². The molecule has 98 valence electrons. The van der Waals surface area contributed by atoms with E-state index in [0.717, 1.165) is 28.8 Å². The third-order valence-corrected chi connectivity index (χ3v) is 3.65. The zero-order valence-electron chi connectivity index (χ0n) is 11.2. The van der Waals surface area contributed by atoms with E-state index in [1.54, 1.807) is 11.8 Å². The molecule has 0 bridgehead atoms. The van der Waals surface area contributed by atoms with Crippen molar-refractivity contribution in [2.75, 3.05) is 17.7 Å². The van der Waals surface area contributed by atoms with Crippen LogP contribution in [0.2, 0.25) is 0 Å². The highest BCUT2D eigenvalue weighted by Crippen LogP contribution is 2.27. The van der Waals surface area contributed by atoms with Gasteiger partial charge in [0.25, 0.3) is 0 Å². The molecule has 1 aliphatic heterocycles. The van der Waals surface area contributed by atoms with Crippen LogP contribution in [-0.2, 0) is 0 Å². The van der Waals surface area contributed by atoms with Crippen LogP contribution in [-0.4, -0.2) is 23.1 Å². The van der Waals surface area contributed by atoms with Crippen molar-refractivity contribution >= 4 is 22.6 Å². The van der Waals surface area contributed by atoms with E-state index in [9.17, 15) is 0 Å². The van der Waals surface area contributed by atoms with Crippen LogP contribution in [0.3, 0.4) is 0 Å². The summed E-state index contributed by atoms with van der Waals surface area (Å²) in [5.74, 6) is 2.03. The Labute approximate surface area is 113 Å². The molecule has 0 spiro atoms. The molecule has 0 aromatic heterocycles. The molecule has 1 aromatic carbocycles. The van der Waals surface area contributed by atoms with Gasteiger partial charge in [0, 0.05) is 11.4 Å². The molecule has 0 saturated heterocycles. The second-order valence-corrected chi connectivity index (χ2v) is 5.99. The van der Waals surface area contributed by atoms with Gasteiger partial charge in [-0.3, -0.25) is 4.99 Å². The van der Waals surface area contributed by atoms with Gasteiger partial charge in [0.2, 0.25) is 0 Å². The minimum Gasteiger partial charge on any atom is -0.494 e. The van der Waals surface area contributed by atoms with E-state index < -0.39 is 0 Å². The van der Waals surface area contributed by atoms with Gasteiger partial charge in [-0.1, -0.05) is 11.8 Å². The minimum absolute atomic E-state index is 0.0544. The fourth-order valence-electron chi connectivity index (χ4n) is 1.75. The highest BCUT2D eigenvalue weighted by molar-refractivity contribution is 8.14. The molecule has 3 nitrogen and oxygen atoms in total. The SMILES string of the molecule is CCOc1ccc(NC2=NC(C)(C)CCS2)cc1. The van der Waals surface area contributed by atoms with Crippen LogP contribution in [0, 0.1) is 0 Å². The number of amidine groups is 1. The van der Waals surface area contributed by atoms with E-state index in [4.69, 9.17) is 9.73 Å². The number of thioether (sulfide) groups is 1. The van der Waals surface area contributed by atoms with Gasteiger partial charge in [0.15, 0.2) is 5.17 Å². The van der Waals surface area contributed by atoms with Crippen molar-refractivity contribution in [2.45, 2.75) is 32.7 Å². The third kappa shape index (κ3) is 3.67. The molecule has 1 N–H and O–H groups in total. The van der Waals surface area contributed by atoms with Crippen LogP contribution < -0.4 is 10.1 Å². The number of nitrogens with one attached hydrogen (secondary N) is 1. The Balaban J connectivity index is 2.03. The zero-order valence-corrected chi connectivity index (χ0v) is 12.0. The zero-order chi connectivity index (χ0) is 13.0. The van der Waals surface area contributed by atoms with Crippen LogP contribution >= 0.6 is 11.8 Å². The number of hydrogen-bond donors (Lipinski definition) is 1. The van der Waals surface area contributed by atoms with Gasteiger partial charge in [0.05, 0.1) is 12.1 Å². The Kier molecular flexibility index (Phi) is 4.17. The quantitative estimate of drug-likeness (QED) is 0.902. The summed E-state index contributed by atoms with van der Waals surface area (Å²) in [6.07, 6.45) is 1.13. The molecule has 0 aliphatic carbocycles. The Morgan fingerprint density at radius 3 is 2.67 bits per heavy atom.